The number of hydrogen-bond donors (Lipinski definition) is 1. The summed E-state index contributed by atoms with van der Waals surface area (Å²) in [5.74, 6) is -0.142. The van der Waals surface area contributed by atoms with Crippen molar-refractivity contribution in [2.24, 2.45) is 0 Å². The first-order valence-electron chi connectivity index (χ1n) is 8.29. The van der Waals surface area contributed by atoms with Crippen LogP contribution < -0.4 is 5.32 Å². The second kappa shape index (κ2) is 5.99. The van der Waals surface area contributed by atoms with Gasteiger partial charge in [0.05, 0.1) is 0 Å². The number of amides is 2. The Hall–Kier alpha value is -1.84. The first kappa shape index (κ1) is 17.5. The van der Waals surface area contributed by atoms with Crippen LogP contribution in [0.2, 0.25) is 0 Å². The zero-order valence-electron chi connectivity index (χ0n) is 15.1. The van der Waals surface area contributed by atoms with E-state index in [4.69, 9.17) is 0 Å². The van der Waals surface area contributed by atoms with Crippen LogP contribution in [0.1, 0.15) is 63.9 Å². The number of hydrogen-bond acceptors (Lipinski definition) is 2. The number of likely N-dealkylation sites (tertiary alicyclic amines) is 1. The van der Waals surface area contributed by atoms with Crippen LogP contribution in [0, 0.1) is 0 Å². The van der Waals surface area contributed by atoms with Gasteiger partial charge in [-0.3, -0.25) is 9.59 Å². The summed E-state index contributed by atoms with van der Waals surface area (Å²) in [6.07, 6.45) is 0.706. The molecule has 2 rings (SSSR count). The van der Waals surface area contributed by atoms with Crippen LogP contribution in [0.15, 0.2) is 24.3 Å². The predicted molar refractivity (Wildman–Crippen MR) is 92.5 cm³/mol. The lowest BCUT2D eigenvalue weighted by Gasteiger charge is -2.49. The van der Waals surface area contributed by atoms with Crippen molar-refractivity contribution in [3.63, 3.8) is 0 Å². The Labute approximate surface area is 139 Å². The van der Waals surface area contributed by atoms with Crippen molar-refractivity contribution in [1.29, 1.82) is 0 Å². The Kier molecular flexibility index (Phi) is 4.56. The van der Waals surface area contributed by atoms with Crippen LogP contribution in [0.3, 0.4) is 0 Å². The fourth-order valence-corrected chi connectivity index (χ4v) is 2.81. The second-order valence-electron chi connectivity index (χ2n) is 7.94. The monoisotopic (exact) mass is 316 g/mol. The summed E-state index contributed by atoms with van der Waals surface area (Å²) < 4.78 is 0. The largest absolute Gasteiger partial charge is 0.352 e. The highest BCUT2D eigenvalue weighted by atomic mass is 16.2. The topological polar surface area (TPSA) is 49.4 Å². The zero-order valence-corrected chi connectivity index (χ0v) is 15.1. The number of nitrogens with zero attached hydrogens (tertiary/aromatic N) is 1. The molecule has 1 unspecified atom stereocenters. The standard InChI is InChI=1S/C19H28N2O2/c1-13(2)20-17(23)19(6)11-12-21(19)16(22)14-7-9-15(10-8-14)18(3,4)5/h7-10,13H,11-12H2,1-6H3,(H,20,23). The molecule has 2 amide bonds. The molecular weight excluding hydrogens is 288 g/mol. The third-order valence-electron chi connectivity index (χ3n) is 4.57. The Morgan fingerprint density at radius 2 is 1.74 bits per heavy atom. The zero-order chi connectivity index (χ0) is 17.4. The van der Waals surface area contributed by atoms with Gasteiger partial charge < -0.3 is 10.2 Å². The SMILES string of the molecule is CC(C)NC(=O)C1(C)CCN1C(=O)c1ccc(C(C)(C)C)cc1. The molecule has 0 bridgehead atoms. The molecule has 23 heavy (non-hydrogen) atoms. The van der Waals surface area contributed by atoms with E-state index in [-0.39, 0.29) is 23.3 Å². The van der Waals surface area contributed by atoms with Crippen LogP contribution in [0.25, 0.3) is 0 Å². The van der Waals surface area contributed by atoms with Gasteiger partial charge in [0.25, 0.3) is 5.91 Å². The van der Waals surface area contributed by atoms with E-state index in [1.165, 1.54) is 5.56 Å². The molecule has 1 saturated heterocycles. The minimum absolute atomic E-state index is 0.0595. The van der Waals surface area contributed by atoms with Crippen molar-refractivity contribution in [3.05, 3.63) is 35.4 Å². The molecule has 1 atom stereocenters. The van der Waals surface area contributed by atoms with Gasteiger partial charge in [0.15, 0.2) is 0 Å². The van der Waals surface area contributed by atoms with Gasteiger partial charge in [-0.15, -0.1) is 0 Å². The summed E-state index contributed by atoms with van der Waals surface area (Å²) in [4.78, 5) is 26.8. The Morgan fingerprint density at radius 3 is 2.13 bits per heavy atom. The second-order valence-corrected chi connectivity index (χ2v) is 7.94. The summed E-state index contributed by atoms with van der Waals surface area (Å²) in [5, 5.41) is 2.92. The molecule has 126 valence electrons. The van der Waals surface area contributed by atoms with Gasteiger partial charge in [-0.25, -0.2) is 0 Å². The van der Waals surface area contributed by atoms with Crippen LogP contribution in [0.5, 0.6) is 0 Å². The number of benzene rings is 1. The molecule has 1 aliphatic rings. The van der Waals surface area contributed by atoms with Crippen LogP contribution in [0.4, 0.5) is 0 Å². The average molecular weight is 316 g/mol. The highest BCUT2D eigenvalue weighted by Gasteiger charge is 2.49. The van der Waals surface area contributed by atoms with Crippen LogP contribution >= 0.6 is 0 Å². The fraction of sp³-hybridized carbons (Fsp3) is 0.579. The normalized spacial score (nSPS) is 21.1. The summed E-state index contributed by atoms with van der Waals surface area (Å²) in [7, 11) is 0. The predicted octanol–water partition coefficient (Wildman–Crippen LogP) is 3.11. The van der Waals surface area contributed by atoms with E-state index in [1.807, 2.05) is 45.0 Å². The van der Waals surface area contributed by atoms with E-state index >= 15 is 0 Å². The maximum absolute atomic E-state index is 12.7. The molecular formula is C19H28N2O2. The van der Waals surface area contributed by atoms with Crippen LogP contribution in [-0.4, -0.2) is 34.8 Å². The summed E-state index contributed by atoms with van der Waals surface area (Å²) >= 11 is 0. The molecule has 4 heteroatoms. The summed E-state index contributed by atoms with van der Waals surface area (Å²) in [5.41, 5.74) is 1.16. The molecule has 0 aliphatic carbocycles. The third kappa shape index (κ3) is 3.41. The lowest BCUT2D eigenvalue weighted by molar-refractivity contribution is -0.138. The van der Waals surface area contributed by atoms with Crippen molar-refractivity contribution >= 4 is 11.8 Å². The van der Waals surface area contributed by atoms with Crippen molar-refractivity contribution in [2.45, 2.75) is 65.0 Å². The highest BCUT2D eigenvalue weighted by molar-refractivity contribution is 6.00. The Bertz CT molecular complexity index is 599. The minimum Gasteiger partial charge on any atom is -0.352 e. The molecule has 4 nitrogen and oxygen atoms in total. The van der Waals surface area contributed by atoms with E-state index in [0.717, 1.165) is 0 Å². The number of nitrogens with one attached hydrogen (secondary N) is 1. The number of carbonyl (C=O) groups is 2. The van der Waals surface area contributed by atoms with E-state index < -0.39 is 5.54 Å². The van der Waals surface area contributed by atoms with Gasteiger partial charge >= 0.3 is 0 Å². The van der Waals surface area contributed by atoms with Crippen molar-refractivity contribution in [1.82, 2.24) is 10.2 Å². The molecule has 1 fully saturated rings. The van der Waals surface area contributed by atoms with Gasteiger partial charge in [0.1, 0.15) is 5.54 Å². The summed E-state index contributed by atoms with van der Waals surface area (Å²) in [6.45, 7) is 12.8. The molecule has 1 aromatic carbocycles. The van der Waals surface area contributed by atoms with Crippen molar-refractivity contribution in [2.75, 3.05) is 6.54 Å². The lowest BCUT2D eigenvalue weighted by Crippen LogP contribution is -2.67. The fourth-order valence-electron chi connectivity index (χ4n) is 2.81. The van der Waals surface area contributed by atoms with Gasteiger partial charge in [-0.2, -0.15) is 0 Å². The summed E-state index contributed by atoms with van der Waals surface area (Å²) in [6, 6.07) is 7.80. The van der Waals surface area contributed by atoms with E-state index in [2.05, 4.69) is 26.1 Å². The maximum Gasteiger partial charge on any atom is 0.254 e. The number of rotatable bonds is 3. The third-order valence-corrected chi connectivity index (χ3v) is 4.57. The molecule has 1 N–H and O–H groups in total. The van der Waals surface area contributed by atoms with Gasteiger partial charge in [0.2, 0.25) is 5.91 Å². The minimum atomic E-state index is -0.732. The molecule has 0 radical (unpaired) electrons. The van der Waals surface area contributed by atoms with E-state index in [9.17, 15) is 9.59 Å². The highest BCUT2D eigenvalue weighted by Crippen LogP contribution is 2.32. The maximum atomic E-state index is 12.7. The molecule has 1 aromatic rings. The lowest BCUT2D eigenvalue weighted by atomic mass is 9.84. The first-order chi connectivity index (χ1) is 10.6. The first-order valence-corrected chi connectivity index (χ1v) is 8.29. The molecule has 0 saturated carbocycles. The molecule has 0 aromatic heterocycles. The van der Waals surface area contributed by atoms with Crippen LogP contribution in [-0.2, 0) is 10.2 Å². The van der Waals surface area contributed by atoms with Gasteiger partial charge in [-0.1, -0.05) is 32.9 Å². The Balaban J connectivity index is 2.16. The molecule has 1 aliphatic heterocycles. The Morgan fingerprint density at radius 1 is 1.17 bits per heavy atom. The van der Waals surface area contributed by atoms with Gasteiger partial charge in [0, 0.05) is 18.2 Å². The smallest absolute Gasteiger partial charge is 0.254 e. The average Bonchev–Trinajstić information content (AvgIpc) is 2.43. The quantitative estimate of drug-likeness (QED) is 0.931. The van der Waals surface area contributed by atoms with E-state index in [1.54, 1.807) is 4.90 Å². The van der Waals surface area contributed by atoms with Crippen molar-refractivity contribution < 1.29 is 9.59 Å². The number of carbonyl (C=O) groups excluding carboxylic acids is 2. The van der Waals surface area contributed by atoms with Gasteiger partial charge in [-0.05, 0) is 50.3 Å². The van der Waals surface area contributed by atoms with E-state index in [0.29, 0.717) is 18.5 Å². The molecule has 1 heterocycles. The van der Waals surface area contributed by atoms with Crippen molar-refractivity contribution in [3.8, 4) is 0 Å². The molecule has 0 spiro atoms.